The van der Waals surface area contributed by atoms with Crippen molar-refractivity contribution < 1.29 is 14.3 Å². The lowest BCUT2D eigenvalue weighted by Crippen LogP contribution is -2.32. The summed E-state index contributed by atoms with van der Waals surface area (Å²) in [7, 11) is 0. The summed E-state index contributed by atoms with van der Waals surface area (Å²) in [5.41, 5.74) is 3.01. The van der Waals surface area contributed by atoms with Crippen molar-refractivity contribution in [2.24, 2.45) is 0 Å². The van der Waals surface area contributed by atoms with Gasteiger partial charge in [-0.1, -0.05) is 28.1 Å². The zero-order valence-electron chi connectivity index (χ0n) is 17.9. The van der Waals surface area contributed by atoms with Gasteiger partial charge in [0.1, 0.15) is 5.60 Å². The molecule has 0 atom stereocenters. The van der Waals surface area contributed by atoms with E-state index in [1.165, 1.54) is 0 Å². The van der Waals surface area contributed by atoms with Gasteiger partial charge in [-0.05, 0) is 69.7 Å². The van der Waals surface area contributed by atoms with E-state index in [9.17, 15) is 9.59 Å². The minimum absolute atomic E-state index is 0.252. The molecule has 0 unspecified atom stereocenters. The molecule has 31 heavy (non-hydrogen) atoms. The van der Waals surface area contributed by atoms with E-state index in [1.54, 1.807) is 16.9 Å². The number of halogens is 1. The number of aromatic nitrogens is 2. The van der Waals surface area contributed by atoms with Crippen LogP contribution in [0, 0.1) is 6.92 Å². The second kappa shape index (κ2) is 9.34. The van der Waals surface area contributed by atoms with Crippen LogP contribution in [0.3, 0.4) is 0 Å². The number of hydrogen-bond acceptors (Lipinski definition) is 4. The minimum atomic E-state index is -0.557. The minimum Gasteiger partial charge on any atom is -0.444 e. The zero-order chi connectivity index (χ0) is 22.6. The number of carbonyl (C=O) groups excluding carboxylic acids is 2. The first kappa shape index (κ1) is 22.6. The van der Waals surface area contributed by atoms with E-state index in [0.717, 1.165) is 21.4 Å². The third-order valence-corrected chi connectivity index (χ3v) is 4.87. The highest BCUT2D eigenvalue weighted by molar-refractivity contribution is 9.10. The molecular weight excluding hydrogens is 460 g/mol. The van der Waals surface area contributed by atoms with Crippen LogP contribution in [0.4, 0.5) is 10.5 Å². The second-order valence-corrected chi connectivity index (χ2v) is 8.96. The Labute approximate surface area is 189 Å². The topological polar surface area (TPSA) is 85.2 Å². The van der Waals surface area contributed by atoms with E-state index in [2.05, 4.69) is 31.7 Å². The van der Waals surface area contributed by atoms with Crippen LogP contribution in [0.5, 0.6) is 0 Å². The Bertz CT molecular complexity index is 1080. The third-order valence-electron chi connectivity index (χ3n) is 4.35. The van der Waals surface area contributed by atoms with Crippen molar-refractivity contribution in [2.45, 2.75) is 39.8 Å². The quantitative estimate of drug-likeness (QED) is 0.519. The van der Waals surface area contributed by atoms with E-state index in [-0.39, 0.29) is 5.91 Å². The lowest BCUT2D eigenvalue weighted by molar-refractivity contribution is 0.0523. The molecule has 2 aromatic carbocycles. The van der Waals surface area contributed by atoms with Crippen LogP contribution in [0.25, 0.3) is 5.69 Å². The standard InChI is InChI=1S/C23H25BrN4O3/c1-15-20(14-26-28(15)19-10-8-17(24)9-11-19)21(29)27-18-7-5-6-16(12-18)13-25-22(30)31-23(2,3)4/h5-12,14H,13H2,1-4H3,(H,25,30)(H,27,29). The summed E-state index contributed by atoms with van der Waals surface area (Å²) in [4.78, 5) is 24.6. The Morgan fingerprint density at radius 1 is 1.13 bits per heavy atom. The number of hydrogen-bond donors (Lipinski definition) is 2. The molecule has 0 radical (unpaired) electrons. The molecule has 0 bridgehead atoms. The van der Waals surface area contributed by atoms with Crippen molar-refractivity contribution in [3.05, 3.63) is 76.0 Å². The molecule has 162 valence electrons. The molecule has 2 N–H and O–H groups in total. The van der Waals surface area contributed by atoms with Gasteiger partial charge in [-0.25, -0.2) is 9.48 Å². The maximum absolute atomic E-state index is 12.8. The Hall–Kier alpha value is -3.13. The molecule has 0 aliphatic rings. The summed E-state index contributed by atoms with van der Waals surface area (Å²) in [5, 5.41) is 9.96. The van der Waals surface area contributed by atoms with Gasteiger partial charge in [-0.2, -0.15) is 5.10 Å². The lowest BCUT2D eigenvalue weighted by atomic mass is 10.2. The average Bonchev–Trinajstić information content (AvgIpc) is 3.07. The number of nitrogens with zero attached hydrogens (tertiary/aromatic N) is 2. The molecule has 0 spiro atoms. The van der Waals surface area contributed by atoms with E-state index >= 15 is 0 Å². The number of ether oxygens (including phenoxy) is 1. The fourth-order valence-corrected chi connectivity index (χ4v) is 3.19. The zero-order valence-corrected chi connectivity index (χ0v) is 19.5. The molecule has 3 rings (SSSR count). The van der Waals surface area contributed by atoms with Crippen LogP contribution < -0.4 is 10.6 Å². The molecule has 7 nitrogen and oxygen atoms in total. The normalized spacial score (nSPS) is 11.1. The number of carbonyl (C=O) groups is 2. The number of nitrogens with one attached hydrogen (secondary N) is 2. The summed E-state index contributed by atoms with van der Waals surface area (Å²) in [6, 6.07) is 15.0. The van der Waals surface area contributed by atoms with Crippen LogP contribution in [0.2, 0.25) is 0 Å². The molecule has 8 heteroatoms. The van der Waals surface area contributed by atoms with E-state index in [1.807, 2.05) is 70.2 Å². The summed E-state index contributed by atoms with van der Waals surface area (Å²) in [6.45, 7) is 7.57. The molecule has 1 heterocycles. The van der Waals surface area contributed by atoms with Crippen LogP contribution in [0.15, 0.2) is 59.2 Å². The van der Waals surface area contributed by atoms with Crippen molar-refractivity contribution >= 4 is 33.6 Å². The van der Waals surface area contributed by atoms with Gasteiger partial charge in [0.25, 0.3) is 5.91 Å². The Morgan fingerprint density at radius 2 is 1.84 bits per heavy atom. The predicted molar refractivity (Wildman–Crippen MR) is 123 cm³/mol. The van der Waals surface area contributed by atoms with Gasteiger partial charge in [0.15, 0.2) is 0 Å². The summed E-state index contributed by atoms with van der Waals surface area (Å²) >= 11 is 3.42. The number of rotatable bonds is 5. The third kappa shape index (κ3) is 6.18. The lowest BCUT2D eigenvalue weighted by Gasteiger charge is -2.19. The molecule has 0 fully saturated rings. The number of benzene rings is 2. The first-order valence-electron chi connectivity index (χ1n) is 9.80. The largest absolute Gasteiger partial charge is 0.444 e. The van der Waals surface area contributed by atoms with Gasteiger partial charge in [0, 0.05) is 16.7 Å². The first-order chi connectivity index (χ1) is 14.6. The Kier molecular flexibility index (Phi) is 6.80. The van der Waals surface area contributed by atoms with Gasteiger partial charge in [-0.15, -0.1) is 0 Å². The molecule has 0 aliphatic heterocycles. The second-order valence-electron chi connectivity index (χ2n) is 8.04. The molecule has 0 aliphatic carbocycles. The van der Waals surface area contributed by atoms with Gasteiger partial charge in [0.05, 0.1) is 23.1 Å². The highest BCUT2D eigenvalue weighted by Crippen LogP contribution is 2.19. The van der Waals surface area contributed by atoms with Crippen molar-refractivity contribution in [3.8, 4) is 5.69 Å². The fraction of sp³-hybridized carbons (Fsp3) is 0.261. The van der Waals surface area contributed by atoms with Crippen molar-refractivity contribution in [1.29, 1.82) is 0 Å². The van der Waals surface area contributed by atoms with Crippen LogP contribution in [0.1, 0.15) is 42.4 Å². The summed E-state index contributed by atoms with van der Waals surface area (Å²) in [6.07, 6.45) is 1.07. The van der Waals surface area contributed by atoms with E-state index < -0.39 is 11.7 Å². The molecule has 0 saturated carbocycles. The summed E-state index contributed by atoms with van der Waals surface area (Å²) in [5.74, 6) is -0.252. The molecule has 1 aromatic heterocycles. The van der Waals surface area contributed by atoms with E-state index in [0.29, 0.717) is 17.8 Å². The highest BCUT2D eigenvalue weighted by atomic mass is 79.9. The van der Waals surface area contributed by atoms with Crippen molar-refractivity contribution in [2.75, 3.05) is 5.32 Å². The van der Waals surface area contributed by atoms with E-state index in [4.69, 9.17) is 4.74 Å². The number of anilines is 1. The fourth-order valence-electron chi connectivity index (χ4n) is 2.92. The summed E-state index contributed by atoms with van der Waals surface area (Å²) < 4.78 is 7.94. The molecular formula is C23H25BrN4O3. The molecule has 0 saturated heterocycles. The first-order valence-corrected chi connectivity index (χ1v) is 10.6. The van der Waals surface area contributed by atoms with Crippen molar-refractivity contribution in [1.82, 2.24) is 15.1 Å². The Morgan fingerprint density at radius 3 is 2.52 bits per heavy atom. The number of amides is 2. The number of alkyl carbamates (subject to hydrolysis) is 1. The van der Waals surface area contributed by atoms with Crippen LogP contribution in [-0.2, 0) is 11.3 Å². The SMILES string of the molecule is Cc1c(C(=O)Nc2cccc(CNC(=O)OC(C)(C)C)c2)cnn1-c1ccc(Br)cc1. The maximum Gasteiger partial charge on any atom is 0.407 e. The van der Waals surface area contributed by atoms with Crippen LogP contribution >= 0.6 is 15.9 Å². The molecule has 3 aromatic rings. The van der Waals surface area contributed by atoms with Gasteiger partial charge in [0.2, 0.25) is 0 Å². The maximum atomic E-state index is 12.8. The van der Waals surface area contributed by atoms with Gasteiger partial charge in [-0.3, -0.25) is 4.79 Å². The predicted octanol–water partition coefficient (Wildman–Crippen LogP) is 5.22. The van der Waals surface area contributed by atoms with Gasteiger partial charge >= 0.3 is 6.09 Å². The molecule has 2 amide bonds. The van der Waals surface area contributed by atoms with Crippen LogP contribution in [-0.4, -0.2) is 27.4 Å². The average molecular weight is 485 g/mol. The van der Waals surface area contributed by atoms with Gasteiger partial charge < -0.3 is 15.4 Å². The monoisotopic (exact) mass is 484 g/mol. The van der Waals surface area contributed by atoms with Crippen molar-refractivity contribution in [3.63, 3.8) is 0 Å². The smallest absolute Gasteiger partial charge is 0.407 e. The Balaban J connectivity index is 1.67. The highest BCUT2D eigenvalue weighted by Gasteiger charge is 2.17.